The topological polar surface area (TPSA) is 62.1 Å². The highest BCUT2D eigenvalue weighted by Crippen LogP contribution is 2.27. The van der Waals surface area contributed by atoms with Crippen LogP contribution in [0.1, 0.15) is 23.2 Å². The van der Waals surface area contributed by atoms with E-state index in [2.05, 4.69) is 23.2 Å². The van der Waals surface area contributed by atoms with Crippen LogP contribution in [0.3, 0.4) is 0 Å². The van der Waals surface area contributed by atoms with E-state index in [0.29, 0.717) is 13.0 Å². The van der Waals surface area contributed by atoms with Crippen molar-refractivity contribution in [1.82, 2.24) is 9.88 Å². The van der Waals surface area contributed by atoms with Gasteiger partial charge in [-0.05, 0) is 42.2 Å². The molecule has 0 spiro atoms. The number of aryl methyl sites for hydroxylation is 1. The zero-order chi connectivity index (χ0) is 16.5. The lowest BCUT2D eigenvalue weighted by Gasteiger charge is -2.27. The molecular formula is C20H21N3O. The molecule has 1 aromatic heterocycles. The molecule has 3 aromatic rings. The van der Waals surface area contributed by atoms with Crippen molar-refractivity contribution in [2.75, 3.05) is 12.3 Å². The zero-order valence-corrected chi connectivity index (χ0v) is 13.6. The van der Waals surface area contributed by atoms with Crippen molar-refractivity contribution in [2.24, 2.45) is 0 Å². The van der Waals surface area contributed by atoms with Crippen molar-refractivity contribution in [3.05, 3.63) is 65.4 Å². The molecule has 0 aliphatic carbocycles. The lowest BCUT2D eigenvalue weighted by atomic mass is 10.0. The molecule has 0 fully saturated rings. The SMILES string of the molecule is Nc1cccc(CCC(=O)N2CCc3c([nH]c4ccccc34)C2)c1. The summed E-state index contributed by atoms with van der Waals surface area (Å²) in [6.07, 6.45) is 2.18. The maximum atomic E-state index is 12.6. The Hall–Kier alpha value is -2.75. The average molecular weight is 319 g/mol. The second-order valence-electron chi connectivity index (χ2n) is 6.44. The van der Waals surface area contributed by atoms with Gasteiger partial charge < -0.3 is 15.6 Å². The molecule has 2 aromatic carbocycles. The van der Waals surface area contributed by atoms with Gasteiger partial charge in [0.1, 0.15) is 0 Å². The Morgan fingerprint density at radius 2 is 2.04 bits per heavy atom. The molecule has 4 heteroatoms. The molecule has 0 unspecified atom stereocenters. The lowest BCUT2D eigenvalue weighted by molar-refractivity contribution is -0.132. The summed E-state index contributed by atoms with van der Waals surface area (Å²) in [6.45, 7) is 1.48. The molecule has 122 valence electrons. The number of aromatic amines is 1. The number of carbonyl (C=O) groups is 1. The van der Waals surface area contributed by atoms with E-state index in [1.165, 1.54) is 16.6 Å². The molecule has 3 N–H and O–H groups in total. The number of fused-ring (bicyclic) bond motifs is 3. The van der Waals surface area contributed by atoms with Crippen molar-refractivity contribution in [1.29, 1.82) is 0 Å². The predicted molar refractivity (Wildman–Crippen MR) is 96.6 cm³/mol. The molecule has 4 rings (SSSR count). The first-order valence-electron chi connectivity index (χ1n) is 8.41. The van der Waals surface area contributed by atoms with E-state index in [1.54, 1.807) is 0 Å². The Morgan fingerprint density at radius 1 is 1.17 bits per heavy atom. The number of hydrogen-bond acceptors (Lipinski definition) is 2. The molecule has 0 bridgehead atoms. The second-order valence-corrected chi connectivity index (χ2v) is 6.44. The van der Waals surface area contributed by atoms with E-state index >= 15 is 0 Å². The summed E-state index contributed by atoms with van der Waals surface area (Å²) < 4.78 is 0. The molecular weight excluding hydrogens is 298 g/mol. The summed E-state index contributed by atoms with van der Waals surface area (Å²) in [6, 6.07) is 16.1. The molecule has 0 saturated carbocycles. The van der Waals surface area contributed by atoms with Crippen LogP contribution in [0.5, 0.6) is 0 Å². The first kappa shape index (κ1) is 14.8. The number of carbonyl (C=O) groups excluding carboxylic acids is 1. The van der Waals surface area contributed by atoms with Crippen molar-refractivity contribution in [3.8, 4) is 0 Å². The zero-order valence-electron chi connectivity index (χ0n) is 13.6. The van der Waals surface area contributed by atoms with Crippen molar-refractivity contribution in [3.63, 3.8) is 0 Å². The Kier molecular flexibility index (Phi) is 3.73. The summed E-state index contributed by atoms with van der Waals surface area (Å²) in [7, 11) is 0. The van der Waals surface area contributed by atoms with Crippen molar-refractivity contribution < 1.29 is 4.79 Å². The number of anilines is 1. The molecule has 24 heavy (non-hydrogen) atoms. The van der Waals surface area contributed by atoms with E-state index in [9.17, 15) is 4.79 Å². The summed E-state index contributed by atoms with van der Waals surface area (Å²) in [5, 5.41) is 1.29. The average Bonchev–Trinajstić information content (AvgIpc) is 2.97. The van der Waals surface area contributed by atoms with E-state index in [-0.39, 0.29) is 5.91 Å². The van der Waals surface area contributed by atoms with Gasteiger partial charge in [0.05, 0.1) is 6.54 Å². The Balaban J connectivity index is 1.45. The molecule has 1 aliphatic rings. The quantitative estimate of drug-likeness (QED) is 0.728. The van der Waals surface area contributed by atoms with Crippen LogP contribution in [-0.2, 0) is 24.2 Å². The number of nitrogens with zero attached hydrogens (tertiary/aromatic N) is 1. The summed E-state index contributed by atoms with van der Waals surface area (Å²) in [5.41, 5.74) is 11.4. The molecule has 0 radical (unpaired) electrons. The lowest BCUT2D eigenvalue weighted by Crippen LogP contribution is -2.36. The number of amides is 1. The third-order valence-corrected chi connectivity index (χ3v) is 4.81. The number of nitrogens with two attached hydrogens (primary N) is 1. The van der Waals surface area contributed by atoms with Gasteiger partial charge >= 0.3 is 0 Å². The number of hydrogen-bond donors (Lipinski definition) is 2. The number of para-hydroxylation sites is 1. The Morgan fingerprint density at radius 3 is 2.92 bits per heavy atom. The number of aromatic nitrogens is 1. The van der Waals surface area contributed by atoms with Crippen LogP contribution in [0.4, 0.5) is 5.69 Å². The van der Waals surface area contributed by atoms with Gasteiger partial charge in [0.2, 0.25) is 5.91 Å². The standard InChI is InChI=1S/C20H21N3O/c21-15-5-3-4-14(12-15)8-9-20(24)23-11-10-17-16-6-1-2-7-18(16)22-19(17)13-23/h1-7,12,22H,8-11,13,21H2. The minimum Gasteiger partial charge on any atom is -0.399 e. The Bertz CT molecular complexity index is 897. The molecule has 0 atom stereocenters. The van der Waals surface area contributed by atoms with Gasteiger partial charge in [-0.25, -0.2) is 0 Å². The van der Waals surface area contributed by atoms with E-state index < -0.39 is 0 Å². The maximum absolute atomic E-state index is 12.6. The van der Waals surface area contributed by atoms with Gasteiger partial charge in [-0.2, -0.15) is 0 Å². The third kappa shape index (κ3) is 2.75. The van der Waals surface area contributed by atoms with Gasteiger partial charge in [-0.3, -0.25) is 4.79 Å². The number of rotatable bonds is 3. The first-order valence-corrected chi connectivity index (χ1v) is 8.41. The van der Waals surface area contributed by atoms with Gasteiger partial charge in [0.25, 0.3) is 0 Å². The van der Waals surface area contributed by atoms with Crippen LogP contribution in [0, 0.1) is 0 Å². The van der Waals surface area contributed by atoms with E-state index in [0.717, 1.165) is 36.2 Å². The smallest absolute Gasteiger partial charge is 0.223 e. The fourth-order valence-corrected chi connectivity index (χ4v) is 3.56. The fraction of sp³-hybridized carbons (Fsp3) is 0.250. The molecule has 0 saturated heterocycles. The van der Waals surface area contributed by atoms with E-state index in [4.69, 9.17) is 5.73 Å². The normalized spacial score (nSPS) is 13.9. The van der Waals surface area contributed by atoms with E-state index in [1.807, 2.05) is 35.2 Å². The summed E-state index contributed by atoms with van der Waals surface area (Å²) in [4.78, 5) is 18.0. The Labute approximate surface area is 141 Å². The van der Waals surface area contributed by atoms with Crippen LogP contribution < -0.4 is 5.73 Å². The van der Waals surface area contributed by atoms with Crippen LogP contribution >= 0.6 is 0 Å². The number of nitrogens with one attached hydrogen (secondary N) is 1. The summed E-state index contributed by atoms with van der Waals surface area (Å²) >= 11 is 0. The minimum absolute atomic E-state index is 0.210. The highest BCUT2D eigenvalue weighted by Gasteiger charge is 2.23. The highest BCUT2D eigenvalue weighted by molar-refractivity contribution is 5.85. The fourth-order valence-electron chi connectivity index (χ4n) is 3.56. The second kappa shape index (κ2) is 6.04. The van der Waals surface area contributed by atoms with Gasteiger partial charge in [0.15, 0.2) is 0 Å². The largest absolute Gasteiger partial charge is 0.399 e. The number of H-pyrrole nitrogens is 1. The molecule has 4 nitrogen and oxygen atoms in total. The highest BCUT2D eigenvalue weighted by atomic mass is 16.2. The first-order chi connectivity index (χ1) is 11.7. The van der Waals surface area contributed by atoms with Crippen LogP contribution in [-0.4, -0.2) is 22.3 Å². The van der Waals surface area contributed by atoms with Gasteiger partial charge in [-0.15, -0.1) is 0 Å². The van der Waals surface area contributed by atoms with Gasteiger partial charge in [-0.1, -0.05) is 30.3 Å². The number of benzene rings is 2. The molecule has 2 heterocycles. The third-order valence-electron chi connectivity index (χ3n) is 4.81. The van der Waals surface area contributed by atoms with Crippen LogP contribution in [0.15, 0.2) is 48.5 Å². The molecule has 1 aliphatic heterocycles. The maximum Gasteiger partial charge on any atom is 0.223 e. The predicted octanol–water partition coefficient (Wildman–Crippen LogP) is 3.27. The van der Waals surface area contributed by atoms with Crippen LogP contribution in [0.25, 0.3) is 10.9 Å². The van der Waals surface area contributed by atoms with Crippen LogP contribution in [0.2, 0.25) is 0 Å². The van der Waals surface area contributed by atoms with Crippen molar-refractivity contribution in [2.45, 2.75) is 25.8 Å². The van der Waals surface area contributed by atoms with Gasteiger partial charge in [0, 0.05) is 35.2 Å². The number of nitrogen functional groups attached to an aromatic ring is 1. The monoisotopic (exact) mass is 319 g/mol. The minimum atomic E-state index is 0.210. The summed E-state index contributed by atoms with van der Waals surface area (Å²) in [5.74, 6) is 0.210. The van der Waals surface area contributed by atoms with Crippen molar-refractivity contribution >= 4 is 22.5 Å². The molecule has 1 amide bonds.